The van der Waals surface area contributed by atoms with Crippen molar-refractivity contribution in [2.75, 3.05) is 13.2 Å². The molecular weight excluding hydrogens is 484 g/mol. The Labute approximate surface area is 230 Å². The zero-order valence-electron chi connectivity index (χ0n) is 23.0. The fraction of sp³-hybridized carbons (Fsp3) is 0.394. The number of aryl methyl sites for hydroxylation is 2. The van der Waals surface area contributed by atoms with E-state index in [1.54, 1.807) is 0 Å². The number of pyridine rings is 2. The zero-order valence-corrected chi connectivity index (χ0v) is 23.0. The summed E-state index contributed by atoms with van der Waals surface area (Å²) >= 11 is 0. The van der Waals surface area contributed by atoms with Crippen molar-refractivity contribution in [1.29, 1.82) is 0 Å². The van der Waals surface area contributed by atoms with Crippen molar-refractivity contribution in [2.45, 2.75) is 71.6 Å². The first-order chi connectivity index (χ1) is 19.2. The molecule has 2 aromatic heterocycles. The molecule has 6 rings (SSSR count). The van der Waals surface area contributed by atoms with Gasteiger partial charge in [0.25, 0.3) is 0 Å². The van der Waals surface area contributed by atoms with E-state index in [0.717, 1.165) is 85.2 Å². The highest BCUT2D eigenvalue weighted by Gasteiger charge is 2.21. The summed E-state index contributed by atoms with van der Waals surface area (Å²) < 4.78 is 0. The number of benzene rings is 2. The molecule has 0 atom stereocenters. The van der Waals surface area contributed by atoms with Crippen LogP contribution < -0.4 is 0 Å². The van der Waals surface area contributed by atoms with Crippen molar-refractivity contribution in [3.8, 4) is 0 Å². The van der Waals surface area contributed by atoms with Crippen LogP contribution in [-0.2, 0) is 22.5 Å². The van der Waals surface area contributed by atoms with Gasteiger partial charge in [-0.2, -0.15) is 0 Å². The topological polar surface area (TPSA) is 69.0 Å². The van der Waals surface area contributed by atoms with Gasteiger partial charge < -0.3 is 9.68 Å². The van der Waals surface area contributed by atoms with Crippen LogP contribution in [0.1, 0.15) is 78.6 Å². The minimum atomic E-state index is 0.481. The van der Waals surface area contributed by atoms with Gasteiger partial charge in [0.15, 0.2) is 0 Å². The van der Waals surface area contributed by atoms with Crippen molar-refractivity contribution in [3.05, 3.63) is 82.2 Å². The predicted octanol–water partition coefficient (Wildman–Crippen LogP) is 7.38. The van der Waals surface area contributed by atoms with Gasteiger partial charge in [0.05, 0.1) is 22.4 Å². The first-order valence-corrected chi connectivity index (χ1v) is 14.4. The van der Waals surface area contributed by atoms with Crippen molar-refractivity contribution < 1.29 is 9.68 Å². The van der Waals surface area contributed by atoms with Crippen molar-refractivity contribution in [1.82, 2.24) is 9.97 Å². The van der Waals surface area contributed by atoms with Gasteiger partial charge in [-0.3, -0.25) is 0 Å². The summed E-state index contributed by atoms with van der Waals surface area (Å²) in [5, 5.41) is 11.6. The summed E-state index contributed by atoms with van der Waals surface area (Å²) in [6.07, 6.45) is 9.06. The van der Waals surface area contributed by atoms with Gasteiger partial charge in [-0.15, -0.1) is 0 Å². The third-order valence-corrected chi connectivity index (χ3v) is 8.11. The highest BCUT2D eigenvalue weighted by Crippen LogP contribution is 2.30. The standard InChI is InChI=1S/C33H36N4O2/c1-22-24-12-3-7-16-28(24)34-32-26(22)14-5-9-18-30(32)36-38-20-11-21-39-37-31-19-10-6-15-27-23(2)25-13-4-8-17-29(25)35-33(27)31/h3-4,7-8,12-13,16-17H,5-6,9-11,14-15,18-21H2,1-2H3/b36-30-,37-31-. The Kier molecular flexibility index (Phi) is 7.53. The Morgan fingerprint density at radius 3 is 1.54 bits per heavy atom. The molecule has 2 heterocycles. The van der Waals surface area contributed by atoms with Gasteiger partial charge in [0.2, 0.25) is 0 Å². The Morgan fingerprint density at radius 1 is 0.615 bits per heavy atom. The van der Waals surface area contributed by atoms with E-state index in [-0.39, 0.29) is 0 Å². The fourth-order valence-corrected chi connectivity index (χ4v) is 5.96. The lowest BCUT2D eigenvalue weighted by Gasteiger charge is -2.13. The van der Waals surface area contributed by atoms with Gasteiger partial charge in [-0.1, -0.05) is 46.7 Å². The number of aromatic nitrogens is 2. The van der Waals surface area contributed by atoms with Crippen LogP contribution in [0.4, 0.5) is 0 Å². The molecule has 0 unspecified atom stereocenters. The molecule has 39 heavy (non-hydrogen) atoms. The molecule has 6 nitrogen and oxygen atoms in total. The van der Waals surface area contributed by atoms with Crippen LogP contribution in [0.2, 0.25) is 0 Å². The number of fused-ring (bicyclic) bond motifs is 4. The minimum Gasteiger partial charge on any atom is -0.395 e. The molecule has 0 saturated heterocycles. The number of hydrogen-bond acceptors (Lipinski definition) is 6. The number of oxime groups is 2. The number of rotatable bonds is 6. The number of nitrogens with zero attached hydrogens (tertiary/aromatic N) is 4. The summed E-state index contributed by atoms with van der Waals surface area (Å²) in [6, 6.07) is 16.7. The molecule has 0 fully saturated rings. The van der Waals surface area contributed by atoms with Crippen molar-refractivity contribution in [3.63, 3.8) is 0 Å². The average Bonchev–Trinajstić information content (AvgIpc) is 3.29. The van der Waals surface area contributed by atoms with Crippen LogP contribution in [0.25, 0.3) is 21.8 Å². The van der Waals surface area contributed by atoms with Crippen LogP contribution in [0.5, 0.6) is 0 Å². The number of para-hydroxylation sites is 2. The molecule has 6 heteroatoms. The maximum atomic E-state index is 5.78. The van der Waals surface area contributed by atoms with Gasteiger partial charge in [-0.05, 0) is 99.6 Å². The molecule has 2 aliphatic carbocycles. The number of hydrogen-bond donors (Lipinski definition) is 0. The first kappa shape index (κ1) is 25.5. The van der Waals surface area contributed by atoms with E-state index in [4.69, 9.17) is 19.6 Å². The lowest BCUT2D eigenvalue weighted by molar-refractivity contribution is 0.0896. The van der Waals surface area contributed by atoms with Gasteiger partial charge in [-0.25, -0.2) is 9.97 Å². The van der Waals surface area contributed by atoms with E-state index in [0.29, 0.717) is 19.6 Å². The third kappa shape index (κ3) is 5.25. The molecule has 2 aromatic carbocycles. The Morgan fingerprint density at radius 2 is 1.05 bits per heavy atom. The summed E-state index contributed by atoms with van der Waals surface area (Å²) in [5.74, 6) is 0. The Balaban J connectivity index is 1.10. The fourth-order valence-electron chi connectivity index (χ4n) is 5.96. The maximum Gasteiger partial charge on any atom is 0.120 e. The second kappa shape index (κ2) is 11.5. The van der Waals surface area contributed by atoms with E-state index in [1.807, 2.05) is 12.1 Å². The normalized spacial score (nSPS) is 17.6. The monoisotopic (exact) mass is 520 g/mol. The van der Waals surface area contributed by atoms with Crippen molar-refractivity contribution in [2.24, 2.45) is 10.3 Å². The third-order valence-electron chi connectivity index (χ3n) is 8.11. The maximum absolute atomic E-state index is 5.78. The second-order valence-corrected chi connectivity index (χ2v) is 10.7. The first-order valence-electron chi connectivity index (χ1n) is 14.4. The minimum absolute atomic E-state index is 0.481. The molecule has 2 aliphatic rings. The molecule has 0 saturated carbocycles. The lowest BCUT2D eigenvalue weighted by atomic mass is 9.98. The quantitative estimate of drug-likeness (QED) is 0.151. The van der Waals surface area contributed by atoms with E-state index >= 15 is 0 Å². The molecule has 200 valence electrons. The second-order valence-electron chi connectivity index (χ2n) is 10.7. The zero-order chi connectivity index (χ0) is 26.6. The van der Waals surface area contributed by atoms with Crippen LogP contribution in [0.3, 0.4) is 0 Å². The van der Waals surface area contributed by atoms with Crippen LogP contribution in [-0.4, -0.2) is 34.6 Å². The SMILES string of the molecule is Cc1c2c(nc3ccccc13)/C(=N\OCCCO/N=C1/CCCCc3c1nc1ccccc1c3C)CCCC2. The average molecular weight is 521 g/mol. The highest BCUT2D eigenvalue weighted by atomic mass is 16.6. The summed E-state index contributed by atoms with van der Waals surface area (Å²) in [5.41, 5.74) is 11.2. The summed E-state index contributed by atoms with van der Waals surface area (Å²) in [4.78, 5) is 21.5. The lowest BCUT2D eigenvalue weighted by Crippen LogP contribution is -2.10. The Bertz CT molecular complexity index is 1460. The molecule has 0 spiro atoms. The van der Waals surface area contributed by atoms with E-state index in [9.17, 15) is 0 Å². The van der Waals surface area contributed by atoms with Crippen molar-refractivity contribution >= 4 is 33.2 Å². The van der Waals surface area contributed by atoms with Gasteiger partial charge in [0.1, 0.15) is 24.6 Å². The Hall–Kier alpha value is -3.80. The summed E-state index contributed by atoms with van der Waals surface area (Å²) in [7, 11) is 0. The van der Waals surface area contributed by atoms with E-state index in [2.05, 4.69) is 60.6 Å². The van der Waals surface area contributed by atoms with Gasteiger partial charge in [0, 0.05) is 17.2 Å². The van der Waals surface area contributed by atoms with E-state index in [1.165, 1.54) is 33.0 Å². The van der Waals surface area contributed by atoms with Crippen LogP contribution >= 0.6 is 0 Å². The molecular formula is C33H36N4O2. The highest BCUT2D eigenvalue weighted by molar-refractivity contribution is 6.03. The molecule has 0 bridgehead atoms. The molecule has 0 amide bonds. The smallest absolute Gasteiger partial charge is 0.120 e. The molecule has 0 radical (unpaired) electrons. The predicted molar refractivity (Wildman–Crippen MR) is 158 cm³/mol. The molecule has 0 N–H and O–H groups in total. The van der Waals surface area contributed by atoms with Crippen LogP contribution in [0, 0.1) is 13.8 Å². The summed E-state index contributed by atoms with van der Waals surface area (Å²) in [6.45, 7) is 5.37. The largest absolute Gasteiger partial charge is 0.395 e. The van der Waals surface area contributed by atoms with Gasteiger partial charge >= 0.3 is 0 Å². The van der Waals surface area contributed by atoms with Crippen LogP contribution in [0.15, 0.2) is 58.8 Å². The van der Waals surface area contributed by atoms with E-state index < -0.39 is 0 Å². The molecule has 0 aliphatic heterocycles. The molecule has 4 aromatic rings.